The zero-order chi connectivity index (χ0) is 11.3. The van der Waals surface area contributed by atoms with Crippen molar-refractivity contribution in [1.29, 1.82) is 0 Å². The average Bonchev–Trinajstić information content (AvgIpc) is 2.13. The molecule has 1 heterocycles. The Kier molecular flexibility index (Phi) is 5.43. The van der Waals surface area contributed by atoms with Crippen molar-refractivity contribution < 1.29 is 8.42 Å². The normalized spacial score (nSPS) is 27.5. The Morgan fingerprint density at radius 3 is 2.87 bits per heavy atom. The maximum absolute atomic E-state index is 11.4. The Labute approximate surface area is 97.3 Å². The van der Waals surface area contributed by atoms with Gasteiger partial charge >= 0.3 is 0 Å². The molecule has 0 aromatic rings. The zero-order valence-electron chi connectivity index (χ0n) is 9.53. The minimum Gasteiger partial charge on any atom is -0.310 e. The molecule has 2 atom stereocenters. The fourth-order valence-corrected chi connectivity index (χ4v) is 4.17. The molecule has 15 heavy (non-hydrogen) atoms. The van der Waals surface area contributed by atoms with Crippen LogP contribution < -0.4 is 5.32 Å². The monoisotopic (exact) mass is 251 g/mol. The van der Waals surface area contributed by atoms with Crippen molar-refractivity contribution in [2.24, 2.45) is 0 Å². The molecule has 0 saturated carbocycles. The minimum atomic E-state index is -2.77. The first-order chi connectivity index (χ1) is 7.03. The fourth-order valence-electron chi connectivity index (χ4n) is 1.93. The van der Waals surface area contributed by atoms with E-state index in [0.717, 1.165) is 25.0 Å². The highest BCUT2D eigenvalue weighted by Crippen LogP contribution is 2.13. The van der Waals surface area contributed by atoms with E-state index < -0.39 is 9.84 Å². The Bertz CT molecular complexity index is 277. The Morgan fingerprint density at radius 2 is 2.27 bits per heavy atom. The standard InChI is InChI=1S/C10H21NO2S2/c1-9(5-6-14-2)11-10-4-3-7-15(12,13)8-10/h9-11H,3-8H2,1-2H3. The molecule has 0 radical (unpaired) electrons. The van der Waals surface area contributed by atoms with Crippen molar-refractivity contribution >= 4 is 21.6 Å². The summed E-state index contributed by atoms with van der Waals surface area (Å²) in [5, 5.41) is 3.42. The van der Waals surface area contributed by atoms with Crippen molar-refractivity contribution in [2.75, 3.05) is 23.5 Å². The lowest BCUT2D eigenvalue weighted by molar-refractivity contribution is 0.425. The average molecular weight is 251 g/mol. The Hall–Kier alpha value is 0.260. The SMILES string of the molecule is CSCCC(C)NC1CCCS(=O)(=O)C1. The first-order valence-electron chi connectivity index (χ1n) is 5.49. The maximum Gasteiger partial charge on any atom is 0.151 e. The van der Waals surface area contributed by atoms with Crippen LogP contribution in [-0.2, 0) is 9.84 Å². The van der Waals surface area contributed by atoms with Gasteiger partial charge in [0.15, 0.2) is 9.84 Å². The molecule has 90 valence electrons. The van der Waals surface area contributed by atoms with Gasteiger partial charge in [-0.05, 0) is 38.2 Å². The summed E-state index contributed by atoms with van der Waals surface area (Å²) in [5.74, 6) is 1.84. The highest BCUT2D eigenvalue weighted by Gasteiger charge is 2.25. The van der Waals surface area contributed by atoms with Crippen molar-refractivity contribution in [2.45, 2.75) is 38.3 Å². The van der Waals surface area contributed by atoms with Crippen LogP contribution >= 0.6 is 11.8 Å². The van der Waals surface area contributed by atoms with Crippen LogP contribution in [-0.4, -0.2) is 44.0 Å². The first-order valence-corrected chi connectivity index (χ1v) is 8.70. The number of hydrogen-bond acceptors (Lipinski definition) is 4. The van der Waals surface area contributed by atoms with Crippen LogP contribution in [0.4, 0.5) is 0 Å². The number of nitrogens with one attached hydrogen (secondary N) is 1. The van der Waals surface area contributed by atoms with Gasteiger partial charge in [-0.3, -0.25) is 0 Å². The van der Waals surface area contributed by atoms with Gasteiger partial charge in [0.1, 0.15) is 0 Å². The van der Waals surface area contributed by atoms with Crippen LogP contribution in [0.3, 0.4) is 0 Å². The Balaban J connectivity index is 2.31. The molecular formula is C10H21NO2S2. The van der Waals surface area contributed by atoms with Gasteiger partial charge in [-0.25, -0.2) is 8.42 Å². The lowest BCUT2D eigenvalue weighted by Crippen LogP contribution is -2.44. The van der Waals surface area contributed by atoms with E-state index in [1.807, 2.05) is 11.8 Å². The van der Waals surface area contributed by atoms with Gasteiger partial charge < -0.3 is 5.32 Å². The summed E-state index contributed by atoms with van der Waals surface area (Å²) in [6, 6.07) is 0.608. The second kappa shape index (κ2) is 6.11. The summed E-state index contributed by atoms with van der Waals surface area (Å²) in [6.07, 6.45) is 5.02. The molecule has 3 nitrogen and oxygen atoms in total. The summed E-state index contributed by atoms with van der Waals surface area (Å²) < 4.78 is 22.8. The minimum absolute atomic E-state index is 0.181. The van der Waals surface area contributed by atoms with Crippen LogP contribution in [0.25, 0.3) is 0 Å². The summed E-state index contributed by atoms with van der Waals surface area (Å²) in [5.41, 5.74) is 0. The van der Waals surface area contributed by atoms with E-state index in [1.165, 1.54) is 0 Å². The van der Waals surface area contributed by atoms with Crippen LogP contribution in [0.5, 0.6) is 0 Å². The summed E-state index contributed by atoms with van der Waals surface area (Å²) in [6.45, 7) is 2.14. The molecule has 1 aliphatic rings. The van der Waals surface area contributed by atoms with Gasteiger partial charge in [0.25, 0.3) is 0 Å². The molecular weight excluding hydrogens is 230 g/mol. The molecule has 1 rings (SSSR count). The summed E-state index contributed by atoms with van der Waals surface area (Å²) in [7, 11) is -2.77. The predicted octanol–water partition coefficient (Wildman–Crippen LogP) is 1.29. The quantitative estimate of drug-likeness (QED) is 0.800. The van der Waals surface area contributed by atoms with Crippen molar-refractivity contribution in [1.82, 2.24) is 5.32 Å². The van der Waals surface area contributed by atoms with Gasteiger partial charge in [-0.2, -0.15) is 11.8 Å². The molecule has 5 heteroatoms. The smallest absolute Gasteiger partial charge is 0.151 e. The van der Waals surface area contributed by atoms with E-state index in [1.54, 1.807) is 0 Å². The van der Waals surface area contributed by atoms with Crippen molar-refractivity contribution in [3.63, 3.8) is 0 Å². The van der Waals surface area contributed by atoms with E-state index in [2.05, 4.69) is 18.5 Å². The van der Waals surface area contributed by atoms with Gasteiger partial charge in [0.05, 0.1) is 11.5 Å². The van der Waals surface area contributed by atoms with Crippen molar-refractivity contribution in [3.05, 3.63) is 0 Å². The third kappa shape index (κ3) is 5.22. The fraction of sp³-hybridized carbons (Fsp3) is 1.00. The second-order valence-electron chi connectivity index (χ2n) is 4.30. The van der Waals surface area contributed by atoms with E-state index in [9.17, 15) is 8.42 Å². The van der Waals surface area contributed by atoms with Crippen LogP contribution in [0.2, 0.25) is 0 Å². The van der Waals surface area contributed by atoms with Gasteiger partial charge in [0, 0.05) is 12.1 Å². The Morgan fingerprint density at radius 1 is 1.53 bits per heavy atom. The van der Waals surface area contributed by atoms with E-state index in [0.29, 0.717) is 17.5 Å². The highest BCUT2D eigenvalue weighted by atomic mass is 32.2. The molecule has 0 amide bonds. The van der Waals surface area contributed by atoms with Crippen LogP contribution in [0, 0.1) is 0 Å². The lowest BCUT2D eigenvalue weighted by atomic mass is 10.1. The maximum atomic E-state index is 11.4. The van der Waals surface area contributed by atoms with E-state index >= 15 is 0 Å². The first kappa shape index (κ1) is 13.3. The second-order valence-corrected chi connectivity index (χ2v) is 7.52. The van der Waals surface area contributed by atoms with E-state index in [-0.39, 0.29) is 6.04 Å². The molecule has 1 N–H and O–H groups in total. The largest absolute Gasteiger partial charge is 0.310 e. The van der Waals surface area contributed by atoms with Gasteiger partial charge in [0.2, 0.25) is 0 Å². The zero-order valence-corrected chi connectivity index (χ0v) is 11.2. The molecule has 1 fully saturated rings. The molecule has 0 bridgehead atoms. The van der Waals surface area contributed by atoms with Gasteiger partial charge in [-0.15, -0.1) is 0 Å². The van der Waals surface area contributed by atoms with Crippen molar-refractivity contribution in [3.8, 4) is 0 Å². The third-order valence-electron chi connectivity index (χ3n) is 2.74. The molecule has 0 aliphatic carbocycles. The molecule has 0 aromatic carbocycles. The predicted molar refractivity (Wildman–Crippen MR) is 67.3 cm³/mol. The highest BCUT2D eigenvalue weighted by molar-refractivity contribution is 7.98. The summed E-state index contributed by atoms with van der Waals surface area (Å²) >= 11 is 1.83. The van der Waals surface area contributed by atoms with Crippen LogP contribution in [0.1, 0.15) is 26.2 Å². The number of rotatable bonds is 5. The number of hydrogen-bond donors (Lipinski definition) is 1. The molecule has 1 aliphatic heterocycles. The lowest BCUT2D eigenvalue weighted by Gasteiger charge is -2.26. The topological polar surface area (TPSA) is 46.2 Å². The van der Waals surface area contributed by atoms with E-state index in [4.69, 9.17) is 0 Å². The van der Waals surface area contributed by atoms with Gasteiger partial charge in [-0.1, -0.05) is 0 Å². The molecule has 1 saturated heterocycles. The number of thioether (sulfide) groups is 1. The summed E-state index contributed by atoms with van der Waals surface area (Å²) in [4.78, 5) is 0. The third-order valence-corrected chi connectivity index (χ3v) is 5.20. The number of sulfone groups is 1. The molecule has 2 unspecified atom stereocenters. The molecule has 0 aromatic heterocycles. The molecule has 0 spiro atoms. The van der Waals surface area contributed by atoms with Crippen LogP contribution in [0.15, 0.2) is 0 Å².